The van der Waals surface area contributed by atoms with E-state index in [0.717, 1.165) is 45.2 Å². The number of rotatable bonds is 10. The lowest BCUT2D eigenvalue weighted by molar-refractivity contribution is 0.146. The van der Waals surface area contributed by atoms with Gasteiger partial charge in [0.25, 0.3) is 0 Å². The molecule has 0 amide bonds. The third-order valence-corrected chi connectivity index (χ3v) is 2.34. The fourth-order valence-electron chi connectivity index (χ4n) is 1.43. The normalized spacial score (nSPS) is 11.6. The molecule has 0 bridgehead atoms. The van der Waals surface area contributed by atoms with Crippen LogP contribution >= 0.6 is 0 Å². The SMILES string of the molecule is CCCCCNC(=NCCCOCC)NCC. The van der Waals surface area contributed by atoms with Crippen molar-refractivity contribution < 1.29 is 4.74 Å². The minimum Gasteiger partial charge on any atom is -0.382 e. The van der Waals surface area contributed by atoms with Gasteiger partial charge >= 0.3 is 0 Å². The van der Waals surface area contributed by atoms with E-state index in [9.17, 15) is 0 Å². The molecule has 0 radical (unpaired) electrons. The number of unbranched alkanes of at least 4 members (excludes halogenated alkanes) is 2. The summed E-state index contributed by atoms with van der Waals surface area (Å²) >= 11 is 0. The van der Waals surface area contributed by atoms with Gasteiger partial charge in [0.05, 0.1) is 0 Å². The molecule has 0 aliphatic heterocycles. The van der Waals surface area contributed by atoms with E-state index in [-0.39, 0.29) is 0 Å². The minimum absolute atomic E-state index is 0.791. The number of hydrogen-bond acceptors (Lipinski definition) is 2. The molecule has 0 aliphatic carbocycles. The lowest BCUT2D eigenvalue weighted by Crippen LogP contribution is -2.37. The van der Waals surface area contributed by atoms with Crippen molar-refractivity contribution in [1.82, 2.24) is 10.6 Å². The molecule has 0 aliphatic rings. The van der Waals surface area contributed by atoms with Crippen molar-refractivity contribution in [1.29, 1.82) is 0 Å². The van der Waals surface area contributed by atoms with Crippen LogP contribution in [0.15, 0.2) is 4.99 Å². The van der Waals surface area contributed by atoms with Crippen LogP contribution in [-0.4, -0.2) is 38.8 Å². The van der Waals surface area contributed by atoms with Gasteiger partial charge in [-0.05, 0) is 26.7 Å². The minimum atomic E-state index is 0.791. The molecule has 0 saturated heterocycles. The van der Waals surface area contributed by atoms with E-state index in [0.29, 0.717) is 0 Å². The molecule has 0 aromatic heterocycles. The van der Waals surface area contributed by atoms with Crippen molar-refractivity contribution in [2.75, 3.05) is 32.8 Å². The highest BCUT2D eigenvalue weighted by molar-refractivity contribution is 5.79. The Labute approximate surface area is 106 Å². The zero-order valence-electron chi connectivity index (χ0n) is 11.7. The van der Waals surface area contributed by atoms with Crippen molar-refractivity contribution in [3.05, 3.63) is 0 Å². The van der Waals surface area contributed by atoms with E-state index in [4.69, 9.17) is 4.74 Å². The Bertz CT molecular complexity index is 184. The van der Waals surface area contributed by atoms with Crippen molar-refractivity contribution >= 4 is 5.96 Å². The predicted molar refractivity (Wildman–Crippen MR) is 74.6 cm³/mol. The fourth-order valence-corrected chi connectivity index (χ4v) is 1.43. The maximum Gasteiger partial charge on any atom is 0.191 e. The van der Waals surface area contributed by atoms with Gasteiger partial charge in [0.2, 0.25) is 0 Å². The molecule has 0 fully saturated rings. The highest BCUT2D eigenvalue weighted by atomic mass is 16.5. The third-order valence-electron chi connectivity index (χ3n) is 2.34. The Balaban J connectivity index is 3.66. The summed E-state index contributed by atoms with van der Waals surface area (Å²) in [5.41, 5.74) is 0. The second kappa shape index (κ2) is 13.3. The largest absolute Gasteiger partial charge is 0.382 e. The summed E-state index contributed by atoms with van der Waals surface area (Å²) < 4.78 is 5.28. The maximum atomic E-state index is 5.28. The van der Waals surface area contributed by atoms with Crippen LogP contribution in [-0.2, 0) is 4.74 Å². The average Bonchev–Trinajstić information content (AvgIpc) is 2.34. The Hall–Kier alpha value is -0.770. The van der Waals surface area contributed by atoms with Gasteiger partial charge in [-0.1, -0.05) is 19.8 Å². The van der Waals surface area contributed by atoms with Gasteiger partial charge in [-0.2, -0.15) is 0 Å². The molecule has 0 aromatic carbocycles. The molecular weight excluding hydrogens is 214 g/mol. The first kappa shape index (κ1) is 16.2. The summed E-state index contributed by atoms with van der Waals surface area (Å²) in [6.07, 6.45) is 4.72. The Morgan fingerprint density at radius 1 is 1.06 bits per heavy atom. The number of guanidine groups is 1. The van der Waals surface area contributed by atoms with E-state index in [1.807, 2.05) is 6.92 Å². The van der Waals surface area contributed by atoms with Gasteiger partial charge < -0.3 is 15.4 Å². The zero-order chi connectivity index (χ0) is 12.8. The van der Waals surface area contributed by atoms with E-state index >= 15 is 0 Å². The van der Waals surface area contributed by atoms with E-state index in [1.54, 1.807) is 0 Å². The standard InChI is InChI=1S/C13H29N3O/c1-4-7-8-10-15-13(14-5-2)16-11-9-12-17-6-3/h4-12H2,1-3H3,(H2,14,15,16). The number of ether oxygens (including phenoxy) is 1. The number of hydrogen-bond donors (Lipinski definition) is 2. The van der Waals surface area contributed by atoms with Gasteiger partial charge in [0.1, 0.15) is 0 Å². The summed E-state index contributed by atoms with van der Waals surface area (Å²) in [5.74, 6) is 0.931. The third kappa shape index (κ3) is 11.5. The first-order valence-electron chi connectivity index (χ1n) is 6.95. The summed E-state index contributed by atoms with van der Waals surface area (Å²) in [4.78, 5) is 4.50. The van der Waals surface area contributed by atoms with Crippen LogP contribution < -0.4 is 10.6 Å². The van der Waals surface area contributed by atoms with Crippen LogP contribution in [0.3, 0.4) is 0 Å². The quantitative estimate of drug-likeness (QED) is 0.351. The average molecular weight is 243 g/mol. The summed E-state index contributed by atoms with van der Waals surface area (Å²) in [7, 11) is 0. The molecule has 0 rings (SSSR count). The number of nitrogens with one attached hydrogen (secondary N) is 2. The van der Waals surface area contributed by atoms with E-state index in [2.05, 4.69) is 29.5 Å². The zero-order valence-corrected chi connectivity index (χ0v) is 11.7. The lowest BCUT2D eigenvalue weighted by Gasteiger charge is -2.10. The Kier molecular flexibility index (Phi) is 12.7. The maximum absolute atomic E-state index is 5.28. The summed E-state index contributed by atoms with van der Waals surface area (Å²) in [5, 5.41) is 6.59. The first-order valence-corrected chi connectivity index (χ1v) is 6.95. The fraction of sp³-hybridized carbons (Fsp3) is 0.923. The Morgan fingerprint density at radius 2 is 1.88 bits per heavy atom. The predicted octanol–water partition coefficient (Wildman–Crippen LogP) is 2.16. The van der Waals surface area contributed by atoms with Crippen LogP contribution in [0.2, 0.25) is 0 Å². The van der Waals surface area contributed by atoms with Gasteiger partial charge in [-0.15, -0.1) is 0 Å². The monoisotopic (exact) mass is 243 g/mol. The topological polar surface area (TPSA) is 45.7 Å². The molecule has 4 nitrogen and oxygen atoms in total. The number of aliphatic imine (C=N–C) groups is 1. The van der Waals surface area contributed by atoms with Crippen LogP contribution in [0.4, 0.5) is 0 Å². The van der Waals surface area contributed by atoms with Crippen molar-refractivity contribution in [2.24, 2.45) is 4.99 Å². The highest BCUT2D eigenvalue weighted by Gasteiger charge is 1.95. The van der Waals surface area contributed by atoms with Gasteiger partial charge in [-0.25, -0.2) is 0 Å². The van der Waals surface area contributed by atoms with Crippen molar-refractivity contribution in [2.45, 2.75) is 46.5 Å². The van der Waals surface area contributed by atoms with Crippen LogP contribution in [0.1, 0.15) is 46.5 Å². The lowest BCUT2D eigenvalue weighted by atomic mass is 10.2. The molecule has 0 atom stereocenters. The van der Waals surface area contributed by atoms with Crippen molar-refractivity contribution in [3.63, 3.8) is 0 Å². The molecule has 0 spiro atoms. The van der Waals surface area contributed by atoms with Crippen molar-refractivity contribution in [3.8, 4) is 0 Å². The van der Waals surface area contributed by atoms with Gasteiger partial charge in [0.15, 0.2) is 5.96 Å². The molecule has 0 heterocycles. The molecule has 4 heteroatoms. The second-order valence-electron chi connectivity index (χ2n) is 3.95. The highest BCUT2D eigenvalue weighted by Crippen LogP contribution is 1.91. The molecule has 17 heavy (non-hydrogen) atoms. The van der Waals surface area contributed by atoms with E-state index < -0.39 is 0 Å². The summed E-state index contributed by atoms with van der Waals surface area (Å²) in [6.45, 7) is 10.6. The molecule has 2 N–H and O–H groups in total. The van der Waals surface area contributed by atoms with Crippen LogP contribution in [0.25, 0.3) is 0 Å². The van der Waals surface area contributed by atoms with Crippen LogP contribution in [0, 0.1) is 0 Å². The molecule has 0 unspecified atom stereocenters. The van der Waals surface area contributed by atoms with E-state index in [1.165, 1.54) is 19.3 Å². The second-order valence-corrected chi connectivity index (χ2v) is 3.95. The summed E-state index contributed by atoms with van der Waals surface area (Å²) in [6, 6.07) is 0. The van der Waals surface area contributed by atoms with Gasteiger partial charge in [-0.3, -0.25) is 4.99 Å². The molecular formula is C13H29N3O. The van der Waals surface area contributed by atoms with Crippen LogP contribution in [0.5, 0.6) is 0 Å². The van der Waals surface area contributed by atoms with Gasteiger partial charge in [0, 0.05) is 32.8 Å². The first-order chi connectivity index (χ1) is 8.35. The molecule has 0 aromatic rings. The molecule has 102 valence electrons. The molecule has 0 saturated carbocycles. The number of nitrogens with zero attached hydrogens (tertiary/aromatic N) is 1. The smallest absolute Gasteiger partial charge is 0.191 e. The Morgan fingerprint density at radius 3 is 2.53 bits per heavy atom.